The number of benzene rings is 1. The fourth-order valence-electron chi connectivity index (χ4n) is 4.00. The molecule has 3 heterocycles. The van der Waals surface area contributed by atoms with Gasteiger partial charge in [0.2, 0.25) is 5.95 Å². The highest BCUT2D eigenvalue weighted by Gasteiger charge is 2.38. The summed E-state index contributed by atoms with van der Waals surface area (Å²) in [7, 11) is 2.01. The van der Waals surface area contributed by atoms with E-state index in [-0.39, 0.29) is 5.41 Å². The number of nitrogens with one attached hydrogen (secondary N) is 1. The Labute approximate surface area is 170 Å². The molecule has 0 radical (unpaired) electrons. The zero-order chi connectivity index (χ0) is 19.4. The molecule has 1 aliphatic rings. The summed E-state index contributed by atoms with van der Waals surface area (Å²) in [6.45, 7) is 2.59. The topological polar surface area (TPSA) is 53.9 Å². The molecule has 0 aliphatic carbocycles. The lowest BCUT2D eigenvalue weighted by Gasteiger charge is -2.38. The molecular weight excluding hydrogens is 370 g/mol. The van der Waals surface area contributed by atoms with Gasteiger partial charge in [0, 0.05) is 42.6 Å². The van der Waals surface area contributed by atoms with E-state index in [2.05, 4.69) is 38.4 Å². The summed E-state index contributed by atoms with van der Waals surface area (Å²) < 4.78 is 0. The van der Waals surface area contributed by atoms with E-state index in [1.807, 2.05) is 43.7 Å². The van der Waals surface area contributed by atoms with Gasteiger partial charge in [0.05, 0.1) is 5.69 Å². The first-order chi connectivity index (χ1) is 13.7. The molecule has 0 bridgehead atoms. The van der Waals surface area contributed by atoms with E-state index in [9.17, 15) is 0 Å². The second kappa shape index (κ2) is 8.25. The number of anilines is 1. The Kier molecular flexibility index (Phi) is 5.55. The number of hydrogen-bond donors (Lipinski definition) is 1. The predicted molar refractivity (Wildman–Crippen MR) is 113 cm³/mol. The summed E-state index contributed by atoms with van der Waals surface area (Å²) in [5.74, 6) is 0.714. The maximum atomic E-state index is 6.63. The van der Waals surface area contributed by atoms with Gasteiger partial charge in [-0.25, -0.2) is 9.97 Å². The molecule has 1 aliphatic heterocycles. The van der Waals surface area contributed by atoms with Crippen molar-refractivity contribution in [3.63, 3.8) is 0 Å². The van der Waals surface area contributed by atoms with E-state index in [0.717, 1.165) is 47.8 Å². The van der Waals surface area contributed by atoms with Crippen molar-refractivity contribution >= 4 is 17.5 Å². The van der Waals surface area contributed by atoms with Crippen LogP contribution in [0.5, 0.6) is 0 Å². The average molecular weight is 394 g/mol. The Bertz CT molecular complexity index is 925. The molecule has 28 heavy (non-hydrogen) atoms. The number of nitrogens with zero attached hydrogens (tertiary/aromatic N) is 4. The number of hydrogen-bond acceptors (Lipinski definition) is 5. The summed E-state index contributed by atoms with van der Waals surface area (Å²) in [5.41, 5.74) is 3.11. The first-order valence-electron chi connectivity index (χ1n) is 9.58. The first-order valence-corrected chi connectivity index (χ1v) is 9.96. The van der Waals surface area contributed by atoms with Gasteiger partial charge in [-0.15, -0.1) is 0 Å². The molecule has 1 aromatic carbocycles. The third-order valence-corrected chi connectivity index (χ3v) is 5.79. The molecule has 0 saturated carbocycles. The fourth-order valence-corrected chi connectivity index (χ4v) is 4.32. The van der Waals surface area contributed by atoms with Crippen LogP contribution in [-0.2, 0) is 12.0 Å². The van der Waals surface area contributed by atoms with Crippen molar-refractivity contribution in [1.29, 1.82) is 0 Å². The van der Waals surface area contributed by atoms with E-state index in [1.165, 1.54) is 0 Å². The Morgan fingerprint density at radius 3 is 2.64 bits per heavy atom. The van der Waals surface area contributed by atoms with Crippen LogP contribution in [0.3, 0.4) is 0 Å². The van der Waals surface area contributed by atoms with Gasteiger partial charge in [-0.05, 0) is 55.3 Å². The maximum Gasteiger partial charge on any atom is 0.225 e. The van der Waals surface area contributed by atoms with Crippen LogP contribution >= 0.6 is 11.6 Å². The zero-order valence-corrected chi connectivity index (χ0v) is 16.7. The van der Waals surface area contributed by atoms with E-state index in [1.54, 1.807) is 6.20 Å². The summed E-state index contributed by atoms with van der Waals surface area (Å²) in [6.07, 6.45) is 7.43. The average Bonchev–Trinajstić information content (AvgIpc) is 2.75. The summed E-state index contributed by atoms with van der Waals surface area (Å²) in [5, 5.41) is 4.26. The molecule has 1 N–H and O–H groups in total. The van der Waals surface area contributed by atoms with Crippen molar-refractivity contribution in [1.82, 2.24) is 20.3 Å². The van der Waals surface area contributed by atoms with Crippen LogP contribution in [0.4, 0.5) is 5.95 Å². The summed E-state index contributed by atoms with van der Waals surface area (Å²) >= 11 is 6.63. The Hall–Kier alpha value is -2.50. The lowest BCUT2D eigenvalue weighted by molar-refractivity contribution is 0.354. The van der Waals surface area contributed by atoms with Crippen LogP contribution in [0.15, 0.2) is 61.1 Å². The number of halogens is 1. The molecule has 2 aromatic heterocycles. The lowest BCUT2D eigenvalue weighted by Crippen LogP contribution is -2.41. The molecular formula is C22H24ClN5. The van der Waals surface area contributed by atoms with Gasteiger partial charge >= 0.3 is 0 Å². The van der Waals surface area contributed by atoms with Gasteiger partial charge in [0.15, 0.2) is 0 Å². The molecule has 0 unspecified atom stereocenters. The van der Waals surface area contributed by atoms with Gasteiger partial charge < -0.3 is 10.2 Å². The predicted octanol–water partition coefficient (Wildman–Crippen LogP) is 3.83. The molecule has 1 saturated heterocycles. The largest absolute Gasteiger partial charge is 0.339 e. The molecule has 144 valence electrons. The van der Waals surface area contributed by atoms with Crippen molar-refractivity contribution in [3.05, 3.63) is 82.9 Å². The van der Waals surface area contributed by atoms with Crippen molar-refractivity contribution in [2.75, 3.05) is 25.0 Å². The number of piperidine rings is 1. The molecule has 6 heteroatoms. The van der Waals surface area contributed by atoms with Crippen LogP contribution in [0, 0.1) is 0 Å². The molecule has 3 aromatic rings. The smallest absolute Gasteiger partial charge is 0.225 e. The third-order valence-electron chi connectivity index (χ3n) is 5.46. The summed E-state index contributed by atoms with van der Waals surface area (Å²) in [4.78, 5) is 15.8. The van der Waals surface area contributed by atoms with Crippen LogP contribution in [0.1, 0.15) is 29.7 Å². The monoisotopic (exact) mass is 393 g/mol. The normalized spacial score (nSPS) is 15.9. The van der Waals surface area contributed by atoms with Gasteiger partial charge in [-0.3, -0.25) is 4.98 Å². The highest BCUT2D eigenvalue weighted by molar-refractivity contribution is 6.31. The second-order valence-corrected chi connectivity index (χ2v) is 7.68. The first kappa shape index (κ1) is 18.8. The molecule has 0 atom stereocenters. The van der Waals surface area contributed by atoms with Crippen LogP contribution < -0.4 is 10.2 Å². The van der Waals surface area contributed by atoms with Crippen molar-refractivity contribution in [2.45, 2.75) is 24.8 Å². The SMILES string of the molecule is CN(Cc1cccnc1)c1nccc(C2(c3ccccc3Cl)CCNCC2)n1. The van der Waals surface area contributed by atoms with Crippen LogP contribution in [-0.4, -0.2) is 35.1 Å². The standard InChI is InChI=1S/C22H24ClN5/c1-28(16-17-5-4-11-25-15-17)21-26-12-8-20(27-21)22(9-13-24-14-10-22)18-6-2-3-7-19(18)23/h2-8,11-12,15,24H,9-10,13-14,16H2,1H3. The van der Waals surface area contributed by atoms with Crippen molar-refractivity contribution in [3.8, 4) is 0 Å². The van der Waals surface area contributed by atoms with Crippen LogP contribution in [0.25, 0.3) is 0 Å². The molecule has 1 fully saturated rings. The van der Waals surface area contributed by atoms with E-state index < -0.39 is 0 Å². The Morgan fingerprint density at radius 2 is 1.89 bits per heavy atom. The lowest BCUT2D eigenvalue weighted by atomic mass is 9.70. The van der Waals surface area contributed by atoms with Gasteiger partial charge in [-0.2, -0.15) is 0 Å². The minimum absolute atomic E-state index is 0.198. The maximum absolute atomic E-state index is 6.63. The van der Waals surface area contributed by atoms with E-state index >= 15 is 0 Å². The Balaban J connectivity index is 1.70. The highest BCUT2D eigenvalue weighted by Crippen LogP contribution is 2.42. The third kappa shape index (κ3) is 3.73. The molecule has 5 nitrogen and oxygen atoms in total. The van der Waals surface area contributed by atoms with Crippen LogP contribution in [0.2, 0.25) is 5.02 Å². The van der Waals surface area contributed by atoms with Crippen molar-refractivity contribution < 1.29 is 0 Å². The quantitative estimate of drug-likeness (QED) is 0.713. The van der Waals surface area contributed by atoms with Gasteiger partial charge in [0.1, 0.15) is 0 Å². The van der Waals surface area contributed by atoms with E-state index in [4.69, 9.17) is 16.6 Å². The molecule has 0 spiro atoms. The zero-order valence-electron chi connectivity index (χ0n) is 16.0. The summed E-state index contributed by atoms with van der Waals surface area (Å²) in [6, 6.07) is 14.2. The fraction of sp³-hybridized carbons (Fsp3) is 0.318. The second-order valence-electron chi connectivity index (χ2n) is 7.27. The number of pyridine rings is 1. The number of aromatic nitrogens is 3. The minimum atomic E-state index is -0.198. The minimum Gasteiger partial charge on any atom is -0.339 e. The van der Waals surface area contributed by atoms with Gasteiger partial charge in [0.25, 0.3) is 0 Å². The van der Waals surface area contributed by atoms with Crippen molar-refractivity contribution in [2.24, 2.45) is 0 Å². The van der Waals surface area contributed by atoms with Gasteiger partial charge in [-0.1, -0.05) is 35.9 Å². The number of rotatable bonds is 5. The Morgan fingerprint density at radius 1 is 1.07 bits per heavy atom. The molecule has 0 amide bonds. The molecule has 4 rings (SSSR count). The van der Waals surface area contributed by atoms with E-state index in [0.29, 0.717) is 12.5 Å². The highest BCUT2D eigenvalue weighted by atomic mass is 35.5.